The van der Waals surface area contributed by atoms with Gasteiger partial charge in [0.1, 0.15) is 11.9 Å². The van der Waals surface area contributed by atoms with Crippen LogP contribution in [-0.4, -0.2) is 20.0 Å². The first kappa shape index (κ1) is 7.01. The van der Waals surface area contributed by atoms with Crippen LogP contribution in [0.3, 0.4) is 0 Å². The second-order valence-corrected chi connectivity index (χ2v) is 2.61. The zero-order valence-corrected chi connectivity index (χ0v) is 5.94. The first-order chi connectivity index (χ1) is 4.50. The number of hydrogen-bond donors (Lipinski definition) is 2. The molecule has 56 valence electrons. The Balaban J connectivity index is 2.96. The summed E-state index contributed by atoms with van der Waals surface area (Å²) >= 11 is 0. The molecule has 1 rings (SSSR count). The van der Waals surface area contributed by atoms with Crippen molar-refractivity contribution in [3.05, 3.63) is 12.2 Å². The summed E-state index contributed by atoms with van der Waals surface area (Å²) in [6.07, 6.45) is 1.34. The van der Waals surface area contributed by atoms with Crippen LogP contribution in [-0.2, 0) is 5.60 Å². The van der Waals surface area contributed by atoms with Gasteiger partial charge in [0.25, 0.3) is 0 Å². The van der Waals surface area contributed by atoms with Crippen molar-refractivity contribution < 1.29 is 5.11 Å². The second-order valence-electron chi connectivity index (χ2n) is 2.61. The Morgan fingerprint density at radius 3 is 2.50 bits per heavy atom. The highest BCUT2D eigenvalue weighted by atomic mass is 16.3. The normalized spacial score (nSPS) is 11.9. The molecule has 3 N–H and O–H groups in total. The van der Waals surface area contributed by atoms with Crippen molar-refractivity contribution >= 4 is 0 Å². The van der Waals surface area contributed by atoms with Crippen LogP contribution in [0.5, 0.6) is 0 Å². The molecule has 0 amide bonds. The van der Waals surface area contributed by atoms with Gasteiger partial charge >= 0.3 is 0 Å². The van der Waals surface area contributed by atoms with Crippen LogP contribution in [0, 0.1) is 0 Å². The Labute approximate surface area is 58.5 Å². The molecule has 0 atom stereocenters. The maximum atomic E-state index is 9.31. The molecule has 10 heavy (non-hydrogen) atoms. The summed E-state index contributed by atoms with van der Waals surface area (Å²) in [4.78, 5) is 4.83. The van der Waals surface area contributed by atoms with Gasteiger partial charge in [0, 0.05) is 0 Å². The van der Waals surface area contributed by atoms with Crippen LogP contribution in [0.15, 0.2) is 6.33 Å². The molecule has 0 unspecified atom stereocenters. The molecule has 0 saturated carbocycles. The van der Waals surface area contributed by atoms with Gasteiger partial charge in [-0.1, -0.05) is 0 Å². The van der Waals surface area contributed by atoms with Crippen LogP contribution in [0.1, 0.15) is 19.7 Å². The van der Waals surface area contributed by atoms with Gasteiger partial charge in [-0.25, -0.2) is 4.98 Å². The lowest BCUT2D eigenvalue weighted by Gasteiger charge is -2.10. The minimum Gasteiger partial charge on any atom is -0.382 e. The van der Waals surface area contributed by atoms with Crippen LogP contribution < -0.4 is 5.84 Å². The lowest BCUT2D eigenvalue weighted by molar-refractivity contribution is 0.0687. The minimum absolute atomic E-state index is 0.329. The average molecular weight is 142 g/mol. The Morgan fingerprint density at radius 2 is 2.30 bits per heavy atom. The van der Waals surface area contributed by atoms with E-state index in [0.717, 1.165) is 4.79 Å². The Hall–Kier alpha value is -1.10. The number of hydrogen-bond acceptors (Lipinski definition) is 4. The topological polar surface area (TPSA) is 77.0 Å². The SMILES string of the molecule is CC(C)(O)c1ncn(N)n1. The third kappa shape index (κ3) is 1.24. The van der Waals surface area contributed by atoms with Crippen molar-refractivity contribution in [1.82, 2.24) is 14.9 Å². The molecule has 1 aromatic heterocycles. The maximum Gasteiger partial charge on any atom is 0.183 e. The number of nitrogens with two attached hydrogens (primary N) is 1. The van der Waals surface area contributed by atoms with Gasteiger partial charge in [0.2, 0.25) is 0 Å². The monoisotopic (exact) mass is 142 g/mol. The highest BCUT2D eigenvalue weighted by molar-refractivity contribution is 4.93. The zero-order valence-electron chi connectivity index (χ0n) is 5.94. The Morgan fingerprint density at radius 1 is 1.70 bits per heavy atom. The summed E-state index contributed by atoms with van der Waals surface area (Å²) in [5.74, 6) is 5.54. The van der Waals surface area contributed by atoms with Crippen LogP contribution >= 0.6 is 0 Å². The van der Waals surface area contributed by atoms with Gasteiger partial charge in [-0.15, -0.1) is 5.10 Å². The highest BCUT2D eigenvalue weighted by Crippen LogP contribution is 2.12. The average Bonchev–Trinajstić information content (AvgIpc) is 2.11. The van der Waals surface area contributed by atoms with E-state index in [9.17, 15) is 5.11 Å². The molecular formula is C5H10N4O. The molecule has 0 aliphatic heterocycles. The maximum absolute atomic E-state index is 9.31. The fourth-order valence-electron chi connectivity index (χ4n) is 0.555. The number of nitrogen functional groups attached to an aromatic ring is 1. The fourth-order valence-corrected chi connectivity index (χ4v) is 0.555. The quantitative estimate of drug-likeness (QED) is 0.504. The van der Waals surface area contributed by atoms with Gasteiger partial charge in [-0.3, -0.25) is 0 Å². The van der Waals surface area contributed by atoms with Gasteiger partial charge < -0.3 is 10.9 Å². The molecule has 5 nitrogen and oxygen atoms in total. The van der Waals surface area contributed by atoms with Gasteiger partial charge in [0.05, 0.1) is 0 Å². The van der Waals surface area contributed by atoms with E-state index in [0.29, 0.717) is 5.82 Å². The highest BCUT2D eigenvalue weighted by Gasteiger charge is 2.20. The standard InChI is InChI=1S/C5H10N4O/c1-5(2,10)4-7-3-9(6)8-4/h3,10H,6H2,1-2H3. The predicted octanol–water partition coefficient (Wildman–Crippen LogP) is -0.781. The van der Waals surface area contributed by atoms with E-state index in [4.69, 9.17) is 5.84 Å². The molecule has 0 aliphatic rings. The van der Waals surface area contributed by atoms with Crippen molar-refractivity contribution in [1.29, 1.82) is 0 Å². The molecule has 0 fully saturated rings. The largest absolute Gasteiger partial charge is 0.382 e. The van der Waals surface area contributed by atoms with E-state index >= 15 is 0 Å². The van der Waals surface area contributed by atoms with E-state index < -0.39 is 5.60 Å². The number of rotatable bonds is 1. The Kier molecular flexibility index (Phi) is 1.37. The smallest absolute Gasteiger partial charge is 0.183 e. The lowest BCUT2D eigenvalue weighted by atomic mass is 10.1. The number of aromatic nitrogens is 3. The first-order valence-corrected chi connectivity index (χ1v) is 2.90. The lowest BCUT2D eigenvalue weighted by Crippen LogP contribution is -2.19. The fraction of sp³-hybridized carbons (Fsp3) is 0.600. The summed E-state index contributed by atoms with van der Waals surface area (Å²) in [7, 11) is 0. The van der Waals surface area contributed by atoms with Crippen molar-refractivity contribution in [2.45, 2.75) is 19.4 Å². The molecule has 0 bridgehead atoms. The molecule has 0 spiro atoms. The van der Waals surface area contributed by atoms with E-state index in [1.165, 1.54) is 6.33 Å². The van der Waals surface area contributed by atoms with Gasteiger partial charge in [0.15, 0.2) is 5.82 Å². The van der Waals surface area contributed by atoms with Gasteiger partial charge in [-0.2, -0.15) is 4.79 Å². The Bertz CT molecular complexity index is 224. The molecule has 1 heterocycles. The van der Waals surface area contributed by atoms with E-state index in [1.807, 2.05) is 0 Å². The van der Waals surface area contributed by atoms with Crippen molar-refractivity contribution in [2.24, 2.45) is 0 Å². The van der Waals surface area contributed by atoms with Crippen molar-refractivity contribution in [3.8, 4) is 0 Å². The molecule has 0 aromatic carbocycles. The summed E-state index contributed by atoms with van der Waals surface area (Å²) in [6, 6.07) is 0. The third-order valence-electron chi connectivity index (χ3n) is 1.06. The third-order valence-corrected chi connectivity index (χ3v) is 1.06. The molecular weight excluding hydrogens is 132 g/mol. The molecule has 0 radical (unpaired) electrons. The minimum atomic E-state index is -1.01. The molecule has 1 aromatic rings. The van der Waals surface area contributed by atoms with E-state index in [-0.39, 0.29) is 0 Å². The van der Waals surface area contributed by atoms with Crippen LogP contribution in [0.2, 0.25) is 0 Å². The predicted molar refractivity (Wildman–Crippen MR) is 35.4 cm³/mol. The van der Waals surface area contributed by atoms with E-state index in [2.05, 4.69) is 10.1 Å². The number of nitrogens with zero attached hydrogens (tertiary/aromatic N) is 3. The second kappa shape index (κ2) is 1.95. The molecule has 0 saturated heterocycles. The molecule has 0 aliphatic carbocycles. The van der Waals surface area contributed by atoms with Crippen molar-refractivity contribution in [3.63, 3.8) is 0 Å². The molecule has 5 heteroatoms. The van der Waals surface area contributed by atoms with Crippen molar-refractivity contribution in [2.75, 3.05) is 5.84 Å². The van der Waals surface area contributed by atoms with Crippen LogP contribution in [0.25, 0.3) is 0 Å². The van der Waals surface area contributed by atoms with E-state index in [1.54, 1.807) is 13.8 Å². The summed E-state index contributed by atoms with van der Waals surface area (Å²) < 4.78 is 0. The van der Waals surface area contributed by atoms with Crippen LogP contribution in [0.4, 0.5) is 0 Å². The summed E-state index contributed by atoms with van der Waals surface area (Å²) in [5, 5.41) is 13.0. The summed E-state index contributed by atoms with van der Waals surface area (Å²) in [5.41, 5.74) is -1.01. The first-order valence-electron chi connectivity index (χ1n) is 2.90. The summed E-state index contributed by atoms with van der Waals surface area (Å²) in [6.45, 7) is 3.20. The zero-order chi connectivity index (χ0) is 7.78. The van der Waals surface area contributed by atoms with Gasteiger partial charge in [-0.05, 0) is 13.8 Å². The number of aliphatic hydroxyl groups is 1.